The van der Waals surface area contributed by atoms with Crippen molar-refractivity contribution in [1.29, 1.82) is 0 Å². The van der Waals surface area contributed by atoms with Crippen molar-refractivity contribution in [2.75, 3.05) is 13.1 Å². The van der Waals surface area contributed by atoms with E-state index in [0.717, 1.165) is 18.4 Å². The van der Waals surface area contributed by atoms with Crippen LogP contribution in [0.3, 0.4) is 0 Å². The Balaban J connectivity index is 1.75. The van der Waals surface area contributed by atoms with Crippen molar-refractivity contribution in [3.05, 3.63) is 29.8 Å². The highest BCUT2D eigenvalue weighted by Gasteiger charge is 2.33. The fourth-order valence-corrected chi connectivity index (χ4v) is 5.45. The molecular formula is C23H39NO3S. The number of sulfonamides is 1. The molecule has 0 spiro atoms. The van der Waals surface area contributed by atoms with Gasteiger partial charge in [0.1, 0.15) is 0 Å². The third-order valence-electron chi connectivity index (χ3n) is 5.58. The number of unbranched alkanes of at least 4 members (excludes halogenated alkanes) is 8. The Labute approximate surface area is 172 Å². The molecule has 28 heavy (non-hydrogen) atoms. The first-order chi connectivity index (χ1) is 13.4. The summed E-state index contributed by atoms with van der Waals surface area (Å²) in [6, 6.07) is 7.13. The molecule has 1 aliphatic heterocycles. The molecule has 1 aromatic rings. The molecule has 0 bridgehead atoms. The molecular weight excluding hydrogens is 370 g/mol. The fourth-order valence-electron chi connectivity index (χ4n) is 3.90. The maximum Gasteiger partial charge on any atom is 0.243 e. The molecule has 0 saturated carbocycles. The monoisotopic (exact) mass is 409 g/mol. The summed E-state index contributed by atoms with van der Waals surface area (Å²) in [5, 5.41) is 0. The average molecular weight is 410 g/mol. The first-order valence-corrected chi connectivity index (χ1v) is 12.6. The number of nitrogens with zero attached hydrogens (tertiary/aromatic N) is 1. The van der Waals surface area contributed by atoms with Crippen molar-refractivity contribution >= 4 is 10.0 Å². The van der Waals surface area contributed by atoms with Gasteiger partial charge in [0.2, 0.25) is 10.0 Å². The van der Waals surface area contributed by atoms with Gasteiger partial charge in [0.25, 0.3) is 0 Å². The Hall–Kier alpha value is -0.910. The lowest BCUT2D eigenvalue weighted by Gasteiger charge is -2.36. The second-order valence-electron chi connectivity index (χ2n) is 8.32. The second-order valence-corrected chi connectivity index (χ2v) is 10.3. The lowest BCUT2D eigenvalue weighted by molar-refractivity contribution is -0.0578. The Morgan fingerprint density at radius 1 is 0.929 bits per heavy atom. The number of aryl methyl sites for hydroxylation is 1. The molecule has 2 atom stereocenters. The van der Waals surface area contributed by atoms with Crippen molar-refractivity contribution in [2.24, 2.45) is 0 Å². The smallest absolute Gasteiger partial charge is 0.243 e. The Kier molecular flexibility index (Phi) is 9.96. The van der Waals surface area contributed by atoms with Crippen LogP contribution in [-0.2, 0) is 14.8 Å². The van der Waals surface area contributed by atoms with Gasteiger partial charge in [-0.15, -0.1) is 0 Å². The first-order valence-electron chi connectivity index (χ1n) is 11.2. The van der Waals surface area contributed by atoms with Crippen molar-refractivity contribution in [2.45, 2.75) is 102 Å². The van der Waals surface area contributed by atoms with E-state index in [1.807, 2.05) is 26.0 Å². The van der Waals surface area contributed by atoms with Crippen LogP contribution >= 0.6 is 0 Å². The van der Waals surface area contributed by atoms with E-state index in [4.69, 9.17) is 4.74 Å². The summed E-state index contributed by atoms with van der Waals surface area (Å²) in [6.45, 7) is 7.10. The Morgan fingerprint density at radius 2 is 1.50 bits per heavy atom. The molecule has 5 heteroatoms. The molecule has 0 aliphatic carbocycles. The Morgan fingerprint density at radius 3 is 2.11 bits per heavy atom. The number of benzene rings is 1. The van der Waals surface area contributed by atoms with E-state index in [9.17, 15) is 8.42 Å². The summed E-state index contributed by atoms with van der Waals surface area (Å²) >= 11 is 0. The van der Waals surface area contributed by atoms with Crippen LogP contribution in [0, 0.1) is 6.92 Å². The summed E-state index contributed by atoms with van der Waals surface area (Å²) in [7, 11) is -3.44. The minimum atomic E-state index is -3.44. The lowest BCUT2D eigenvalue weighted by Crippen LogP contribution is -2.49. The van der Waals surface area contributed by atoms with Crippen molar-refractivity contribution in [3.8, 4) is 0 Å². The third-order valence-corrected chi connectivity index (χ3v) is 7.43. The average Bonchev–Trinajstić information content (AvgIpc) is 2.66. The van der Waals surface area contributed by atoms with Crippen molar-refractivity contribution in [3.63, 3.8) is 0 Å². The summed E-state index contributed by atoms with van der Waals surface area (Å²) in [6.07, 6.45) is 12.6. The summed E-state index contributed by atoms with van der Waals surface area (Å²) in [4.78, 5) is 0.383. The van der Waals surface area contributed by atoms with E-state index in [0.29, 0.717) is 18.0 Å². The van der Waals surface area contributed by atoms with Gasteiger partial charge in [-0.05, 0) is 32.4 Å². The van der Waals surface area contributed by atoms with Gasteiger partial charge >= 0.3 is 0 Å². The number of hydrogen-bond donors (Lipinski definition) is 0. The second kappa shape index (κ2) is 11.9. The molecule has 160 valence electrons. The van der Waals surface area contributed by atoms with Crippen LogP contribution in [-0.4, -0.2) is 38.0 Å². The van der Waals surface area contributed by atoms with E-state index in [-0.39, 0.29) is 12.2 Å². The van der Waals surface area contributed by atoms with E-state index >= 15 is 0 Å². The fraction of sp³-hybridized carbons (Fsp3) is 0.739. The predicted octanol–water partition coefficient (Wildman–Crippen LogP) is 5.69. The van der Waals surface area contributed by atoms with Crippen LogP contribution in [0.4, 0.5) is 0 Å². The maximum absolute atomic E-state index is 13.0. The van der Waals surface area contributed by atoms with Crippen LogP contribution < -0.4 is 0 Å². The van der Waals surface area contributed by atoms with Crippen LogP contribution in [0.1, 0.15) is 83.6 Å². The minimum Gasteiger partial charge on any atom is -0.373 e. The first kappa shape index (κ1) is 23.4. The van der Waals surface area contributed by atoms with Gasteiger partial charge in [-0.2, -0.15) is 4.31 Å². The van der Waals surface area contributed by atoms with Gasteiger partial charge in [-0.3, -0.25) is 0 Å². The molecule has 2 rings (SSSR count). The molecule has 0 amide bonds. The van der Waals surface area contributed by atoms with Gasteiger partial charge in [0.15, 0.2) is 0 Å². The molecule has 1 aromatic carbocycles. The molecule has 0 unspecified atom stereocenters. The Bertz CT molecular complexity index is 657. The van der Waals surface area contributed by atoms with Gasteiger partial charge in [-0.1, -0.05) is 82.4 Å². The molecule has 0 N–H and O–H groups in total. The van der Waals surface area contributed by atoms with Gasteiger partial charge in [-0.25, -0.2) is 8.42 Å². The van der Waals surface area contributed by atoms with Gasteiger partial charge < -0.3 is 4.74 Å². The molecule has 0 aromatic heterocycles. The molecule has 0 radical (unpaired) electrons. The molecule has 4 nitrogen and oxygen atoms in total. The topological polar surface area (TPSA) is 46.6 Å². The summed E-state index contributed by atoms with van der Waals surface area (Å²) < 4.78 is 33.6. The zero-order valence-corrected chi connectivity index (χ0v) is 18.8. The molecule has 1 fully saturated rings. The van der Waals surface area contributed by atoms with Crippen LogP contribution in [0.25, 0.3) is 0 Å². The normalized spacial score (nSPS) is 21.1. The van der Waals surface area contributed by atoms with Crippen LogP contribution in [0.2, 0.25) is 0 Å². The van der Waals surface area contributed by atoms with Crippen LogP contribution in [0.15, 0.2) is 29.2 Å². The highest BCUT2D eigenvalue weighted by Crippen LogP contribution is 2.24. The third kappa shape index (κ3) is 7.49. The number of ether oxygens (including phenoxy) is 1. The van der Waals surface area contributed by atoms with E-state index in [1.54, 1.807) is 16.4 Å². The highest BCUT2D eigenvalue weighted by molar-refractivity contribution is 7.89. The van der Waals surface area contributed by atoms with E-state index < -0.39 is 10.0 Å². The predicted molar refractivity (Wildman–Crippen MR) is 116 cm³/mol. The maximum atomic E-state index is 13.0. The largest absolute Gasteiger partial charge is 0.373 e. The highest BCUT2D eigenvalue weighted by atomic mass is 32.2. The van der Waals surface area contributed by atoms with Gasteiger partial charge in [0, 0.05) is 13.1 Å². The van der Waals surface area contributed by atoms with E-state index in [2.05, 4.69) is 6.92 Å². The molecule has 1 aliphatic rings. The summed E-state index contributed by atoms with van der Waals surface area (Å²) in [5.74, 6) is 0. The van der Waals surface area contributed by atoms with E-state index in [1.165, 1.54) is 51.4 Å². The zero-order chi connectivity index (χ0) is 20.4. The number of rotatable bonds is 12. The zero-order valence-electron chi connectivity index (χ0n) is 18.0. The quantitative estimate of drug-likeness (QED) is 0.416. The molecule has 1 heterocycles. The minimum absolute atomic E-state index is 0.00790. The number of morpholine rings is 1. The lowest BCUT2D eigenvalue weighted by atomic mass is 10.0. The van der Waals surface area contributed by atoms with Crippen molar-refractivity contribution in [1.82, 2.24) is 4.31 Å². The standard InChI is InChI=1S/C23H39NO3S/c1-4-5-6-7-8-9-10-11-12-13-22-19-24(18-21(3)27-22)28(25,26)23-16-14-20(2)15-17-23/h14-17,21-22H,4-13,18-19H2,1-3H3/t21-,22+/m0/s1. The number of hydrogen-bond acceptors (Lipinski definition) is 3. The van der Waals surface area contributed by atoms with Crippen molar-refractivity contribution < 1.29 is 13.2 Å². The SMILES string of the molecule is CCCCCCCCCCC[C@@H]1CN(S(=O)(=O)c2ccc(C)cc2)C[C@H](C)O1. The van der Waals surface area contributed by atoms with Gasteiger partial charge in [0.05, 0.1) is 17.1 Å². The molecule has 1 saturated heterocycles. The summed E-state index contributed by atoms with van der Waals surface area (Å²) in [5.41, 5.74) is 1.07. The van der Waals surface area contributed by atoms with Crippen LogP contribution in [0.5, 0.6) is 0 Å².